The number of carbonyl (C=O) groups excluding carboxylic acids is 1. The molecule has 0 saturated carbocycles. The van der Waals surface area contributed by atoms with Crippen molar-refractivity contribution in [3.8, 4) is 0 Å². The van der Waals surface area contributed by atoms with Crippen LogP contribution in [-0.2, 0) is 9.59 Å². The van der Waals surface area contributed by atoms with Crippen LogP contribution < -0.4 is 0 Å². The van der Waals surface area contributed by atoms with Gasteiger partial charge in [0, 0.05) is 25.9 Å². The number of carbonyl (C=O) groups is 2. The summed E-state index contributed by atoms with van der Waals surface area (Å²) in [6, 6.07) is 0. The van der Waals surface area contributed by atoms with Gasteiger partial charge in [-0.1, -0.05) is 6.92 Å². The lowest BCUT2D eigenvalue weighted by atomic mass is 9.96. The average Bonchev–Trinajstić information content (AvgIpc) is 2.21. The molecule has 0 aromatic carbocycles. The SMILES string of the molecule is CC1CCN(C(=O)CCCC(=O)O)CC1O. The highest BCUT2D eigenvalue weighted by Crippen LogP contribution is 2.17. The zero-order valence-electron chi connectivity index (χ0n) is 9.56. The normalized spacial score (nSPS) is 25.5. The van der Waals surface area contributed by atoms with Gasteiger partial charge in [0.25, 0.3) is 0 Å². The second-order valence-corrected chi connectivity index (χ2v) is 4.42. The van der Waals surface area contributed by atoms with Gasteiger partial charge in [0.15, 0.2) is 0 Å². The molecule has 0 aliphatic carbocycles. The summed E-state index contributed by atoms with van der Waals surface area (Å²) in [6.45, 7) is 3.02. The molecule has 92 valence electrons. The van der Waals surface area contributed by atoms with Gasteiger partial charge in [0.2, 0.25) is 5.91 Å². The molecule has 2 unspecified atom stereocenters. The largest absolute Gasteiger partial charge is 0.481 e. The van der Waals surface area contributed by atoms with Crippen molar-refractivity contribution in [3.63, 3.8) is 0 Å². The zero-order chi connectivity index (χ0) is 12.1. The van der Waals surface area contributed by atoms with E-state index in [0.29, 0.717) is 19.5 Å². The topological polar surface area (TPSA) is 77.8 Å². The summed E-state index contributed by atoms with van der Waals surface area (Å²) >= 11 is 0. The van der Waals surface area contributed by atoms with E-state index in [9.17, 15) is 14.7 Å². The Morgan fingerprint density at radius 1 is 1.38 bits per heavy atom. The fraction of sp³-hybridized carbons (Fsp3) is 0.818. The van der Waals surface area contributed by atoms with Crippen molar-refractivity contribution in [1.29, 1.82) is 0 Å². The first-order valence-corrected chi connectivity index (χ1v) is 5.68. The number of aliphatic hydroxyl groups is 1. The van der Waals surface area contributed by atoms with Crippen LogP contribution in [0.3, 0.4) is 0 Å². The molecule has 1 rings (SSSR count). The first-order valence-electron chi connectivity index (χ1n) is 5.68. The quantitative estimate of drug-likeness (QED) is 0.734. The van der Waals surface area contributed by atoms with Gasteiger partial charge in [0.05, 0.1) is 6.10 Å². The van der Waals surface area contributed by atoms with Crippen LogP contribution >= 0.6 is 0 Å². The van der Waals surface area contributed by atoms with Crippen molar-refractivity contribution < 1.29 is 19.8 Å². The number of β-amino-alcohol motifs (C(OH)–C–C–N with tert-alkyl or cyclic N) is 1. The molecule has 0 spiro atoms. The van der Waals surface area contributed by atoms with Crippen LogP contribution in [0.2, 0.25) is 0 Å². The number of amides is 1. The van der Waals surface area contributed by atoms with E-state index in [1.54, 1.807) is 4.90 Å². The average molecular weight is 229 g/mol. The van der Waals surface area contributed by atoms with E-state index in [1.807, 2.05) is 6.92 Å². The molecule has 1 aliphatic heterocycles. The van der Waals surface area contributed by atoms with Gasteiger partial charge < -0.3 is 15.1 Å². The lowest BCUT2D eigenvalue weighted by Gasteiger charge is -2.34. The number of likely N-dealkylation sites (tertiary alicyclic amines) is 1. The minimum atomic E-state index is -0.875. The van der Waals surface area contributed by atoms with Gasteiger partial charge in [-0.25, -0.2) is 0 Å². The van der Waals surface area contributed by atoms with E-state index in [-0.39, 0.29) is 24.7 Å². The number of hydrogen-bond donors (Lipinski definition) is 2. The molecule has 1 amide bonds. The number of carboxylic acids is 1. The predicted octanol–water partition coefficient (Wildman–Crippen LogP) is 0.471. The maximum absolute atomic E-state index is 11.7. The Labute approximate surface area is 95.1 Å². The predicted molar refractivity (Wildman–Crippen MR) is 57.9 cm³/mol. The van der Waals surface area contributed by atoms with E-state index in [4.69, 9.17) is 5.11 Å². The number of hydrogen-bond acceptors (Lipinski definition) is 3. The molecule has 1 fully saturated rings. The van der Waals surface area contributed by atoms with Crippen molar-refractivity contribution in [2.75, 3.05) is 13.1 Å². The molecule has 2 atom stereocenters. The van der Waals surface area contributed by atoms with E-state index < -0.39 is 12.1 Å². The number of piperidine rings is 1. The number of aliphatic carboxylic acids is 1. The summed E-state index contributed by atoms with van der Waals surface area (Å²) in [7, 11) is 0. The van der Waals surface area contributed by atoms with Crippen LogP contribution in [0.5, 0.6) is 0 Å². The Hall–Kier alpha value is -1.10. The standard InChI is InChI=1S/C11H19NO4/c1-8-5-6-12(7-9(8)13)10(14)3-2-4-11(15)16/h8-9,13H,2-7H2,1H3,(H,15,16). The maximum atomic E-state index is 11.7. The highest BCUT2D eigenvalue weighted by atomic mass is 16.4. The monoisotopic (exact) mass is 229 g/mol. The van der Waals surface area contributed by atoms with E-state index in [1.165, 1.54) is 0 Å². The summed E-state index contributed by atoms with van der Waals surface area (Å²) < 4.78 is 0. The van der Waals surface area contributed by atoms with Crippen molar-refractivity contribution in [2.24, 2.45) is 5.92 Å². The molecule has 1 aliphatic rings. The highest BCUT2D eigenvalue weighted by Gasteiger charge is 2.26. The molecule has 0 aromatic rings. The summed E-state index contributed by atoms with van der Waals surface area (Å²) in [5.74, 6) is -0.685. The van der Waals surface area contributed by atoms with E-state index in [2.05, 4.69) is 0 Å². The number of aliphatic hydroxyl groups excluding tert-OH is 1. The fourth-order valence-corrected chi connectivity index (χ4v) is 1.82. The van der Waals surface area contributed by atoms with Crippen LogP contribution in [0.15, 0.2) is 0 Å². The molecule has 5 heteroatoms. The van der Waals surface area contributed by atoms with Crippen LogP contribution in [-0.4, -0.2) is 46.2 Å². The Morgan fingerprint density at radius 3 is 2.62 bits per heavy atom. The third kappa shape index (κ3) is 3.81. The first kappa shape index (κ1) is 13.0. The summed E-state index contributed by atoms with van der Waals surface area (Å²) in [4.78, 5) is 23.6. The van der Waals surface area contributed by atoms with Gasteiger partial charge in [0.1, 0.15) is 0 Å². The lowest BCUT2D eigenvalue weighted by Crippen LogP contribution is -2.45. The molecule has 0 radical (unpaired) electrons. The van der Waals surface area contributed by atoms with Crippen LogP contribution in [0.4, 0.5) is 0 Å². The van der Waals surface area contributed by atoms with Crippen molar-refractivity contribution >= 4 is 11.9 Å². The third-order valence-corrected chi connectivity index (χ3v) is 3.05. The van der Waals surface area contributed by atoms with Gasteiger partial charge in [-0.3, -0.25) is 9.59 Å². The van der Waals surface area contributed by atoms with Gasteiger partial charge in [-0.15, -0.1) is 0 Å². The minimum absolute atomic E-state index is 0.0263. The Kier molecular flexibility index (Phi) is 4.73. The van der Waals surface area contributed by atoms with Crippen molar-refractivity contribution in [1.82, 2.24) is 4.90 Å². The Bertz CT molecular complexity index is 267. The second kappa shape index (κ2) is 5.84. The maximum Gasteiger partial charge on any atom is 0.303 e. The number of carboxylic acid groups (broad SMARTS) is 1. The van der Waals surface area contributed by atoms with Crippen LogP contribution in [0.1, 0.15) is 32.6 Å². The number of rotatable bonds is 4. The first-order chi connectivity index (χ1) is 7.50. The van der Waals surface area contributed by atoms with Gasteiger partial charge in [-0.05, 0) is 18.8 Å². The molecule has 1 saturated heterocycles. The van der Waals surface area contributed by atoms with Crippen LogP contribution in [0.25, 0.3) is 0 Å². The van der Waals surface area contributed by atoms with Crippen molar-refractivity contribution in [3.05, 3.63) is 0 Å². The molecule has 0 aromatic heterocycles. The van der Waals surface area contributed by atoms with Crippen LogP contribution in [0, 0.1) is 5.92 Å². The number of nitrogens with zero attached hydrogens (tertiary/aromatic N) is 1. The van der Waals surface area contributed by atoms with E-state index in [0.717, 1.165) is 6.42 Å². The minimum Gasteiger partial charge on any atom is -0.481 e. The summed E-state index contributed by atoms with van der Waals surface area (Å²) in [5, 5.41) is 18.1. The lowest BCUT2D eigenvalue weighted by molar-refractivity contribution is -0.138. The highest BCUT2D eigenvalue weighted by molar-refractivity contribution is 5.77. The summed E-state index contributed by atoms with van der Waals surface area (Å²) in [5.41, 5.74) is 0. The molecule has 0 bridgehead atoms. The van der Waals surface area contributed by atoms with E-state index >= 15 is 0 Å². The smallest absolute Gasteiger partial charge is 0.303 e. The molecule has 5 nitrogen and oxygen atoms in total. The fourth-order valence-electron chi connectivity index (χ4n) is 1.82. The van der Waals surface area contributed by atoms with Gasteiger partial charge >= 0.3 is 5.97 Å². The molecule has 1 heterocycles. The zero-order valence-corrected chi connectivity index (χ0v) is 9.56. The second-order valence-electron chi connectivity index (χ2n) is 4.42. The Morgan fingerprint density at radius 2 is 2.06 bits per heavy atom. The van der Waals surface area contributed by atoms with Crippen molar-refractivity contribution in [2.45, 2.75) is 38.7 Å². The molecule has 16 heavy (non-hydrogen) atoms. The molecule has 2 N–H and O–H groups in total. The Balaban J connectivity index is 2.29. The molecular weight excluding hydrogens is 210 g/mol. The third-order valence-electron chi connectivity index (χ3n) is 3.05. The summed E-state index contributed by atoms with van der Waals surface area (Å²) in [6.07, 6.45) is 1.02. The molecular formula is C11H19NO4. The van der Waals surface area contributed by atoms with Gasteiger partial charge in [-0.2, -0.15) is 0 Å².